The molecule has 5 heteroatoms. The number of hydrogen-bond acceptors (Lipinski definition) is 4. The molecule has 0 bridgehead atoms. The van der Waals surface area contributed by atoms with Crippen LogP contribution in [-0.2, 0) is 0 Å². The van der Waals surface area contributed by atoms with Gasteiger partial charge in [0.15, 0.2) is 5.15 Å². The summed E-state index contributed by atoms with van der Waals surface area (Å²) in [5, 5.41) is 0.445. The van der Waals surface area contributed by atoms with Crippen LogP contribution in [0.25, 0.3) is 11.3 Å². The summed E-state index contributed by atoms with van der Waals surface area (Å²) in [5.74, 6) is 0.813. The van der Waals surface area contributed by atoms with E-state index in [0.717, 1.165) is 28.7 Å². The lowest BCUT2D eigenvalue weighted by Crippen LogP contribution is -1.82. The van der Waals surface area contributed by atoms with Crippen LogP contribution in [0, 0.1) is 0 Å². The first-order valence-electron chi connectivity index (χ1n) is 3.94. The van der Waals surface area contributed by atoms with Gasteiger partial charge in [-0.1, -0.05) is 11.6 Å². The highest BCUT2D eigenvalue weighted by Crippen LogP contribution is 2.26. The molecule has 0 fully saturated rings. The molecule has 2 rings (SSSR count). The number of benzene rings is 1. The van der Waals surface area contributed by atoms with Crippen LogP contribution in [0.4, 0.5) is 0 Å². The summed E-state index contributed by atoms with van der Waals surface area (Å²) >= 11 is 6.96. The van der Waals surface area contributed by atoms with E-state index in [4.69, 9.17) is 16.3 Å². The molecule has 1 aromatic heterocycles. The monoisotopic (exact) mass is 226 g/mol. The Balaban J connectivity index is 2.39. The molecule has 72 valence electrons. The summed E-state index contributed by atoms with van der Waals surface area (Å²) in [6.07, 6.45) is 0. The Morgan fingerprint density at radius 1 is 1.21 bits per heavy atom. The fraction of sp³-hybridized carbons (Fsp3) is 0.111. The molecule has 0 atom stereocenters. The van der Waals surface area contributed by atoms with Crippen molar-refractivity contribution in [2.24, 2.45) is 0 Å². The molecule has 0 amide bonds. The molecule has 0 aliphatic carbocycles. The van der Waals surface area contributed by atoms with Crippen molar-refractivity contribution in [2.75, 3.05) is 7.11 Å². The second kappa shape index (κ2) is 3.94. The van der Waals surface area contributed by atoms with Gasteiger partial charge in [0.05, 0.1) is 18.8 Å². The van der Waals surface area contributed by atoms with E-state index in [9.17, 15) is 0 Å². The van der Waals surface area contributed by atoms with Crippen LogP contribution in [0.3, 0.4) is 0 Å². The van der Waals surface area contributed by atoms with E-state index in [1.807, 2.05) is 24.3 Å². The van der Waals surface area contributed by atoms with Crippen molar-refractivity contribution in [3.05, 3.63) is 29.4 Å². The molecule has 0 aliphatic heterocycles. The van der Waals surface area contributed by atoms with E-state index in [2.05, 4.69) is 8.75 Å². The summed E-state index contributed by atoms with van der Waals surface area (Å²) < 4.78 is 13.0. The maximum Gasteiger partial charge on any atom is 0.170 e. The number of aromatic nitrogens is 2. The molecule has 0 unspecified atom stereocenters. The minimum absolute atomic E-state index is 0.445. The van der Waals surface area contributed by atoms with E-state index >= 15 is 0 Å². The predicted octanol–water partition coefficient (Wildman–Crippen LogP) is 2.87. The predicted molar refractivity (Wildman–Crippen MR) is 56.9 cm³/mol. The fourth-order valence-corrected chi connectivity index (χ4v) is 1.87. The zero-order valence-corrected chi connectivity index (χ0v) is 8.97. The Morgan fingerprint density at radius 3 is 2.43 bits per heavy atom. The van der Waals surface area contributed by atoms with Gasteiger partial charge in [-0.3, -0.25) is 0 Å². The van der Waals surface area contributed by atoms with Gasteiger partial charge in [-0.2, -0.15) is 8.75 Å². The topological polar surface area (TPSA) is 35.0 Å². The van der Waals surface area contributed by atoms with Crippen LogP contribution in [0.15, 0.2) is 24.3 Å². The van der Waals surface area contributed by atoms with E-state index in [0.29, 0.717) is 5.15 Å². The van der Waals surface area contributed by atoms with Crippen molar-refractivity contribution in [3.63, 3.8) is 0 Å². The average molecular weight is 227 g/mol. The lowest BCUT2D eigenvalue weighted by Gasteiger charge is -2.00. The molecule has 1 heterocycles. The summed E-state index contributed by atoms with van der Waals surface area (Å²) in [6, 6.07) is 7.54. The zero-order valence-electron chi connectivity index (χ0n) is 7.40. The van der Waals surface area contributed by atoms with Crippen molar-refractivity contribution < 1.29 is 4.74 Å². The SMILES string of the molecule is COc1ccc(-c2nsnc2Cl)cc1. The number of halogens is 1. The second-order valence-electron chi connectivity index (χ2n) is 2.63. The van der Waals surface area contributed by atoms with Crippen LogP contribution in [0.5, 0.6) is 5.75 Å². The average Bonchev–Trinajstić information content (AvgIpc) is 2.65. The first-order valence-corrected chi connectivity index (χ1v) is 5.04. The quantitative estimate of drug-likeness (QED) is 0.790. The fourth-order valence-electron chi connectivity index (χ4n) is 1.10. The summed E-state index contributed by atoms with van der Waals surface area (Å²) in [5.41, 5.74) is 1.67. The lowest BCUT2D eigenvalue weighted by atomic mass is 10.2. The minimum Gasteiger partial charge on any atom is -0.497 e. The number of nitrogens with zero attached hydrogens (tertiary/aromatic N) is 2. The first kappa shape index (κ1) is 9.43. The minimum atomic E-state index is 0.445. The molecular weight excluding hydrogens is 220 g/mol. The van der Waals surface area contributed by atoms with Crippen molar-refractivity contribution >= 4 is 23.3 Å². The highest BCUT2D eigenvalue weighted by atomic mass is 35.5. The molecule has 0 saturated carbocycles. The Hall–Kier alpha value is -1.13. The third kappa shape index (κ3) is 1.71. The van der Waals surface area contributed by atoms with Crippen LogP contribution >= 0.6 is 23.3 Å². The molecule has 0 N–H and O–H groups in total. The van der Waals surface area contributed by atoms with Gasteiger partial charge in [0.25, 0.3) is 0 Å². The molecule has 0 saturated heterocycles. The Bertz CT molecular complexity index is 427. The van der Waals surface area contributed by atoms with E-state index in [1.165, 1.54) is 0 Å². The first-order chi connectivity index (χ1) is 6.81. The maximum atomic E-state index is 5.85. The largest absolute Gasteiger partial charge is 0.497 e. The molecule has 0 aliphatic rings. The summed E-state index contributed by atoms with van der Waals surface area (Å²) in [4.78, 5) is 0. The normalized spacial score (nSPS) is 10.1. The third-order valence-corrected chi connectivity index (χ3v) is 2.70. The van der Waals surface area contributed by atoms with Gasteiger partial charge in [0, 0.05) is 5.56 Å². The van der Waals surface area contributed by atoms with Crippen molar-refractivity contribution in [1.29, 1.82) is 0 Å². The van der Waals surface area contributed by atoms with E-state index < -0.39 is 0 Å². The van der Waals surface area contributed by atoms with Crippen molar-refractivity contribution in [1.82, 2.24) is 8.75 Å². The number of ether oxygens (including phenoxy) is 1. The third-order valence-electron chi connectivity index (χ3n) is 1.81. The Labute approximate surface area is 90.6 Å². The number of rotatable bonds is 2. The maximum absolute atomic E-state index is 5.85. The van der Waals surface area contributed by atoms with Gasteiger partial charge >= 0.3 is 0 Å². The summed E-state index contributed by atoms with van der Waals surface area (Å²) in [7, 11) is 1.63. The van der Waals surface area contributed by atoms with Gasteiger partial charge in [0.1, 0.15) is 11.4 Å². The van der Waals surface area contributed by atoms with Crippen LogP contribution in [-0.4, -0.2) is 15.9 Å². The van der Waals surface area contributed by atoms with Crippen molar-refractivity contribution in [3.8, 4) is 17.0 Å². The molecule has 1 aromatic carbocycles. The molecule has 2 aromatic rings. The Kier molecular flexibility index (Phi) is 2.65. The van der Waals surface area contributed by atoms with Gasteiger partial charge in [0.2, 0.25) is 0 Å². The van der Waals surface area contributed by atoms with Gasteiger partial charge < -0.3 is 4.74 Å². The van der Waals surface area contributed by atoms with Gasteiger partial charge in [-0.15, -0.1) is 0 Å². The van der Waals surface area contributed by atoms with Crippen LogP contribution in [0.1, 0.15) is 0 Å². The molecule has 0 radical (unpaired) electrons. The summed E-state index contributed by atoms with van der Waals surface area (Å²) in [6.45, 7) is 0. The van der Waals surface area contributed by atoms with Gasteiger partial charge in [-0.05, 0) is 24.3 Å². The van der Waals surface area contributed by atoms with Crippen LogP contribution in [0.2, 0.25) is 5.15 Å². The van der Waals surface area contributed by atoms with Crippen LogP contribution < -0.4 is 4.74 Å². The second-order valence-corrected chi connectivity index (χ2v) is 3.52. The molecule has 3 nitrogen and oxygen atoms in total. The molecular formula is C9H7ClN2OS. The highest BCUT2D eigenvalue weighted by molar-refractivity contribution is 6.99. The van der Waals surface area contributed by atoms with E-state index in [1.54, 1.807) is 7.11 Å². The highest BCUT2D eigenvalue weighted by Gasteiger charge is 2.07. The van der Waals surface area contributed by atoms with Crippen molar-refractivity contribution in [2.45, 2.75) is 0 Å². The standard InChI is InChI=1S/C9H7ClN2OS/c1-13-7-4-2-6(3-5-7)8-9(10)12-14-11-8/h2-5H,1H3. The molecule has 0 spiro atoms. The number of hydrogen-bond donors (Lipinski definition) is 0. The van der Waals surface area contributed by atoms with E-state index in [-0.39, 0.29) is 0 Å². The smallest absolute Gasteiger partial charge is 0.170 e. The zero-order chi connectivity index (χ0) is 9.97. The van der Waals surface area contributed by atoms with Gasteiger partial charge in [-0.25, -0.2) is 0 Å². The Morgan fingerprint density at radius 2 is 1.93 bits per heavy atom. The number of methoxy groups -OCH3 is 1. The molecule has 14 heavy (non-hydrogen) atoms. The lowest BCUT2D eigenvalue weighted by molar-refractivity contribution is 0.415.